The second-order valence-corrected chi connectivity index (χ2v) is 6.34. The number of carbonyl (C=O) groups excluding carboxylic acids is 1. The average Bonchev–Trinajstić information content (AvgIpc) is 2.68. The predicted octanol–water partition coefficient (Wildman–Crippen LogP) is 4.52. The van der Waals surface area contributed by atoms with Crippen LogP contribution in [-0.2, 0) is 4.74 Å². The monoisotopic (exact) mass is 336 g/mol. The van der Waals surface area contributed by atoms with Crippen molar-refractivity contribution in [2.24, 2.45) is 4.99 Å². The lowest BCUT2D eigenvalue weighted by Gasteiger charge is -2.28. The van der Waals surface area contributed by atoms with Gasteiger partial charge in [0.1, 0.15) is 0 Å². The summed E-state index contributed by atoms with van der Waals surface area (Å²) in [6, 6.07) is 14.0. The minimum Gasteiger partial charge on any atom is -0.465 e. The summed E-state index contributed by atoms with van der Waals surface area (Å²) in [5.41, 5.74) is 4.49. The zero-order chi connectivity index (χ0) is 17.6. The zero-order valence-electron chi connectivity index (χ0n) is 14.9. The van der Waals surface area contributed by atoms with Gasteiger partial charge in [0.05, 0.1) is 18.4 Å². The highest BCUT2D eigenvalue weighted by molar-refractivity contribution is 5.93. The summed E-state index contributed by atoms with van der Waals surface area (Å²) >= 11 is 0. The van der Waals surface area contributed by atoms with Crippen LogP contribution in [0, 0.1) is 6.92 Å². The third kappa shape index (κ3) is 4.08. The third-order valence-corrected chi connectivity index (χ3v) is 4.68. The van der Waals surface area contributed by atoms with Crippen molar-refractivity contribution < 1.29 is 9.53 Å². The van der Waals surface area contributed by atoms with Gasteiger partial charge in [-0.25, -0.2) is 4.79 Å². The van der Waals surface area contributed by atoms with Crippen LogP contribution in [0.4, 0.5) is 11.4 Å². The summed E-state index contributed by atoms with van der Waals surface area (Å²) in [4.78, 5) is 18.8. The van der Waals surface area contributed by atoms with Gasteiger partial charge in [0.15, 0.2) is 0 Å². The first-order chi connectivity index (χ1) is 12.2. The van der Waals surface area contributed by atoms with E-state index in [0.29, 0.717) is 5.56 Å². The standard InChI is InChI=1S/C21H24N2O2/c1-16-19(21(24)25-2)7-6-8-20(16)22-15-17-9-11-18(12-10-17)23-13-4-3-5-14-23/h6-12,15H,3-5,13-14H2,1-2H3. The number of piperidine rings is 1. The molecule has 0 N–H and O–H groups in total. The van der Waals surface area contributed by atoms with Gasteiger partial charge < -0.3 is 9.64 Å². The van der Waals surface area contributed by atoms with Crippen molar-refractivity contribution in [3.05, 3.63) is 59.2 Å². The maximum atomic E-state index is 11.8. The molecular formula is C21H24N2O2. The molecule has 0 unspecified atom stereocenters. The number of hydrogen-bond donors (Lipinski definition) is 0. The minimum absolute atomic E-state index is 0.333. The molecule has 0 atom stereocenters. The first kappa shape index (κ1) is 17.2. The Morgan fingerprint density at radius 3 is 2.48 bits per heavy atom. The third-order valence-electron chi connectivity index (χ3n) is 4.68. The summed E-state index contributed by atoms with van der Waals surface area (Å²) in [5.74, 6) is -0.333. The Bertz CT molecular complexity index is 760. The molecule has 0 bridgehead atoms. The van der Waals surface area contributed by atoms with E-state index in [2.05, 4.69) is 34.2 Å². The Balaban J connectivity index is 1.75. The van der Waals surface area contributed by atoms with Crippen LogP contribution in [0.2, 0.25) is 0 Å². The Morgan fingerprint density at radius 2 is 1.80 bits per heavy atom. The van der Waals surface area contributed by atoms with E-state index < -0.39 is 0 Å². The van der Waals surface area contributed by atoms with Gasteiger partial charge in [0.25, 0.3) is 0 Å². The number of benzene rings is 2. The number of carbonyl (C=O) groups is 1. The van der Waals surface area contributed by atoms with Gasteiger partial charge >= 0.3 is 5.97 Å². The topological polar surface area (TPSA) is 41.9 Å². The van der Waals surface area contributed by atoms with Gasteiger partial charge in [-0.05, 0) is 61.6 Å². The van der Waals surface area contributed by atoms with E-state index in [1.807, 2.05) is 25.3 Å². The summed E-state index contributed by atoms with van der Waals surface area (Å²) < 4.78 is 4.81. The predicted molar refractivity (Wildman–Crippen MR) is 102 cm³/mol. The molecule has 0 amide bonds. The number of aliphatic imine (C=N–C) groups is 1. The maximum absolute atomic E-state index is 11.8. The van der Waals surface area contributed by atoms with Crippen LogP contribution in [0.3, 0.4) is 0 Å². The lowest BCUT2D eigenvalue weighted by atomic mass is 10.1. The molecule has 1 heterocycles. The lowest BCUT2D eigenvalue weighted by Crippen LogP contribution is -2.29. The molecule has 4 nitrogen and oxygen atoms in total. The summed E-state index contributed by atoms with van der Waals surface area (Å²) in [6.07, 6.45) is 5.73. The largest absolute Gasteiger partial charge is 0.465 e. The number of anilines is 1. The minimum atomic E-state index is -0.333. The van der Waals surface area contributed by atoms with Crippen LogP contribution in [0.15, 0.2) is 47.5 Å². The van der Waals surface area contributed by atoms with Crippen molar-refractivity contribution in [1.82, 2.24) is 0 Å². The summed E-state index contributed by atoms with van der Waals surface area (Å²) in [6.45, 7) is 4.18. The second kappa shape index (κ2) is 7.97. The molecule has 3 rings (SSSR count). The Morgan fingerprint density at radius 1 is 1.08 bits per heavy atom. The molecule has 1 fully saturated rings. The fourth-order valence-electron chi connectivity index (χ4n) is 3.16. The Hall–Kier alpha value is -2.62. The fraction of sp³-hybridized carbons (Fsp3) is 0.333. The fourth-order valence-corrected chi connectivity index (χ4v) is 3.16. The van der Waals surface area contributed by atoms with Crippen molar-refractivity contribution >= 4 is 23.6 Å². The quantitative estimate of drug-likeness (QED) is 0.609. The van der Waals surface area contributed by atoms with Crippen molar-refractivity contribution in [2.45, 2.75) is 26.2 Å². The molecule has 1 aliphatic heterocycles. The number of rotatable bonds is 4. The average molecular weight is 336 g/mol. The molecule has 130 valence electrons. The van der Waals surface area contributed by atoms with Gasteiger partial charge in [-0.2, -0.15) is 0 Å². The molecule has 25 heavy (non-hydrogen) atoms. The van der Waals surface area contributed by atoms with Gasteiger partial charge in [0, 0.05) is 25.0 Å². The lowest BCUT2D eigenvalue weighted by molar-refractivity contribution is 0.0600. The van der Waals surface area contributed by atoms with E-state index in [1.54, 1.807) is 6.07 Å². The van der Waals surface area contributed by atoms with Crippen LogP contribution in [-0.4, -0.2) is 32.4 Å². The van der Waals surface area contributed by atoms with Crippen molar-refractivity contribution in [3.63, 3.8) is 0 Å². The normalized spacial score (nSPS) is 14.7. The Labute approximate surface area is 149 Å². The van der Waals surface area contributed by atoms with Crippen molar-refractivity contribution in [1.29, 1.82) is 0 Å². The van der Waals surface area contributed by atoms with E-state index in [-0.39, 0.29) is 5.97 Å². The maximum Gasteiger partial charge on any atom is 0.338 e. The van der Waals surface area contributed by atoms with Crippen LogP contribution in [0.1, 0.15) is 40.7 Å². The van der Waals surface area contributed by atoms with E-state index in [9.17, 15) is 4.79 Å². The SMILES string of the molecule is COC(=O)c1cccc(N=Cc2ccc(N3CCCCC3)cc2)c1C. The van der Waals surface area contributed by atoms with E-state index >= 15 is 0 Å². The molecule has 1 saturated heterocycles. The van der Waals surface area contributed by atoms with Gasteiger partial charge in [0.2, 0.25) is 0 Å². The molecule has 0 radical (unpaired) electrons. The molecule has 2 aromatic rings. The van der Waals surface area contributed by atoms with E-state index in [4.69, 9.17) is 4.74 Å². The highest BCUT2D eigenvalue weighted by Gasteiger charge is 2.11. The second-order valence-electron chi connectivity index (χ2n) is 6.34. The number of esters is 1. The Kier molecular flexibility index (Phi) is 5.49. The highest BCUT2D eigenvalue weighted by atomic mass is 16.5. The molecule has 0 saturated carbocycles. The van der Waals surface area contributed by atoms with E-state index in [1.165, 1.54) is 32.1 Å². The van der Waals surface area contributed by atoms with Gasteiger partial charge in [-0.3, -0.25) is 4.99 Å². The summed E-state index contributed by atoms with van der Waals surface area (Å²) in [7, 11) is 1.39. The molecule has 1 aliphatic rings. The number of ether oxygens (including phenoxy) is 1. The molecule has 0 aliphatic carbocycles. The first-order valence-electron chi connectivity index (χ1n) is 8.76. The van der Waals surface area contributed by atoms with Crippen LogP contribution in [0.5, 0.6) is 0 Å². The van der Waals surface area contributed by atoms with Gasteiger partial charge in [-0.1, -0.05) is 18.2 Å². The van der Waals surface area contributed by atoms with Crippen molar-refractivity contribution in [3.8, 4) is 0 Å². The van der Waals surface area contributed by atoms with Crippen LogP contribution < -0.4 is 4.90 Å². The number of nitrogens with zero attached hydrogens (tertiary/aromatic N) is 2. The van der Waals surface area contributed by atoms with Gasteiger partial charge in [-0.15, -0.1) is 0 Å². The van der Waals surface area contributed by atoms with E-state index in [0.717, 1.165) is 29.9 Å². The first-order valence-corrected chi connectivity index (χ1v) is 8.76. The smallest absolute Gasteiger partial charge is 0.338 e. The molecule has 0 aromatic heterocycles. The molecule has 4 heteroatoms. The zero-order valence-corrected chi connectivity index (χ0v) is 14.9. The summed E-state index contributed by atoms with van der Waals surface area (Å²) in [5, 5.41) is 0. The highest BCUT2D eigenvalue weighted by Crippen LogP contribution is 2.23. The van der Waals surface area contributed by atoms with Crippen molar-refractivity contribution in [2.75, 3.05) is 25.1 Å². The molecule has 2 aromatic carbocycles. The molecular weight excluding hydrogens is 312 g/mol. The molecule has 0 spiro atoms. The number of methoxy groups -OCH3 is 1. The van der Waals surface area contributed by atoms with Crippen LogP contribution >= 0.6 is 0 Å². The number of hydrogen-bond acceptors (Lipinski definition) is 4. The van der Waals surface area contributed by atoms with Crippen LogP contribution in [0.25, 0.3) is 0 Å².